The molecule has 0 aliphatic rings. The first-order chi connectivity index (χ1) is 13.7. The van der Waals surface area contributed by atoms with Gasteiger partial charge in [-0.15, -0.1) is 0 Å². The largest absolute Gasteiger partial charge is 0.497 e. The number of rotatable bonds is 5. The van der Waals surface area contributed by atoms with Crippen molar-refractivity contribution in [3.63, 3.8) is 0 Å². The average Bonchev–Trinajstić information content (AvgIpc) is 3.17. The molecule has 6 nitrogen and oxygen atoms in total. The summed E-state index contributed by atoms with van der Waals surface area (Å²) in [7, 11) is 3.18. The molecule has 0 fully saturated rings. The quantitative estimate of drug-likeness (QED) is 0.545. The number of fused-ring (bicyclic) bond motifs is 1. The van der Waals surface area contributed by atoms with Gasteiger partial charge < -0.3 is 19.2 Å². The van der Waals surface area contributed by atoms with E-state index >= 15 is 0 Å². The van der Waals surface area contributed by atoms with Gasteiger partial charge in [0.2, 0.25) is 5.89 Å². The Morgan fingerprint density at radius 1 is 0.929 bits per heavy atom. The van der Waals surface area contributed by atoms with Crippen molar-refractivity contribution in [1.29, 1.82) is 0 Å². The third-order valence-corrected chi connectivity index (χ3v) is 4.32. The van der Waals surface area contributed by atoms with Gasteiger partial charge in [-0.2, -0.15) is 0 Å². The Morgan fingerprint density at radius 2 is 1.68 bits per heavy atom. The van der Waals surface area contributed by atoms with Crippen molar-refractivity contribution < 1.29 is 18.7 Å². The van der Waals surface area contributed by atoms with E-state index in [-0.39, 0.29) is 5.91 Å². The molecule has 28 heavy (non-hydrogen) atoms. The number of aromatic nitrogens is 1. The monoisotopic (exact) mass is 374 g/mol. The highest BCUT2D eigenvalue weighted by molar-refractivity contribution is 6.04. The second kappa shape index (κ2) is 7.44. The van der Waals surface area contributed by atoms with Crippen LogP contribution in [0.3, 0.4) is 0 Å². The van der Waals surface area contributed by atoms with Crippen LogP contribution in [-0.2, 0) is 0 Å². The minimum Gasteiger partial charge on any atom is -0.497 e. The maximum Gasteiger partial charge on any atom is 0.255 e. The van der Waals surface area contributed by atoms with Gasteiger partial charge in [0, 0.05) is 22.9 Å². The minimum atomic E-state index is -0.208. The molecule has 4 aromatic rings. The van der Waals surface area contributed by atoms with Gasteiger partial charge in [-0.25, -0.2) is 4.98 Å². The molecule has 140 valence electrons. The van der Waals surface area contributed by atoms with Crippen molar-refractivity contribution in [1.82, 2.24) is 4.98 Å². The zero-order chi connectivity index (χ0) is 19.5. The molecule has 0 spiro atoms. The highest BCUT2D eigenvalue weighted by Crippen LogP contribution is 2.27. The van der Waals surface area contributed by atoms with Crippen molar-refractivity contribution in [3.05, 3.63) is 72.3 Å². The average molecular weight is 374 g/mol. The van der Waals surface area contributed by atoms with Crippen LogP contribution in [0.5, 0.6) is 11.5 Å². The van der Waals surface area contributed by atoms with Gasteiger partial charge in [-0.3, -0.25) is 4.79 Å². The molecule has 0 aliphatic carbocycles. The number of oxazole rings is 1. The molecule has 0 bridgehead atoms. The van der Waals surface area contributed by atoms with Crippen LogP contribution in [0.2, 0.25) is 0 Å². The Balaban J connectivity index is 1.53. The molecule has 0 radical (unpaired) electrons. The second-order valence-corrected chi connectivity index (χ2v) is 6.12. The van der Waals surface area contributed by atoms with E-state index in [0.29, 0.717) is 28.5 Å². The second-order valence-electron chi connectivity index (χ2n) is 6.12. The summed E-state index contributed by atoms with van der Waals surface area (Å²) in [5.74, 6) is 1.66. The minimum absolute atomic E-state index is 0.208. The van der Waals surface area contributed by atoms with Crippen LogP contribution in [0.25, 0.3) is 22.6 Å². The fourth-order valence-electron chi connectivity index (χ4n) is 2.82. The highest BCUT2D eigenvalue weighted by Gasteiger charge is 2.11. The van der Waals surface area contributed by atoms with E-state index in [2.05, 4.69) is 10.3 Å². The van der Waals surface area contributed by atoms with Gasteiger partial charge in [0.15, 0.2) is 5.58 Å². The fraction of sp³-hybridized carbons (Fsp3) is 0.0909. The number of methoxy groups -OCH3 is 2. The van der Waals surface area contributed by atoms with Crippen LogP contribution in [0.15, 0.2) is 71.1 Å². The van der Waals surface area contributed by atoms with Crippen molar-refractivity contribution in [3.8, 4) is 23.0 Å². The summed E-state index contributed by atoms with van der Waals surface area (Å²) < 4.78 is 16.2. The van der Waals surface area contributed by atoms with Crippen LogP contribution in [0.1, 0.15) is 10.4 Å². The van der Waals surface area contributed by atoms with Crippen LogP contribution >= 0.6 is 0 Å². The first kappa shape index (κ1) is 17.6. The lowest BCUT2D eigenvalue weighted by atomic mass is 10.1. The molecule has 1 heterocycles. The number of carbonyl (C=O) groups excluding carboxylic acids is 1. The van der Waals surface area contributed by atoms with E-state index < -0.39 is 0 Å². The molecule has 1 amide bonds. The van der Waals surface area contributed by atoms with Gasteiger partial charge in [0.1, 0.15) is 17.0 Å². The third-order valence-electron chi connectivity index (χ3n) is 4.32. The van der Waals surface area contributed by atoms with Crippen molar-refractivity contribution in [2.75, 3.05) is 19.5 Å². The van der Waals surface area contributed by atoms with Crippen LogP contribution < -0.4 is 14.8 Å². The predicted molar refractivity (Wildman–Crippen MR) is 107 cm³/mol. The summed E-state index contributed by atoms with van der Waals surface area (Å²) in [6, 6.07) is 19.8. The molecule has 1 N–H and O–H groups in total. The summed E-state index contributed by atoms with van der Waals surface area (Å²) in [6.45, 7) is 0. The van der Waals surface area contributed by atoms with Gasteiger partial charge in [0.25, 0.3) is 5.91 Å². The number of anilines is 1. The normalized spacial score (nSPS) is 10.6. The zero-order valence-corrected chi connectivity index (χ0v) is 15.4. The Labute approximate surface area is 161 Å². The number of amides is 1. The molecule has 0 atom stereocenters. The lowest BCUT2D eigenvalue weighted by molar-refractivity contribution is 0.102. The molecule has 0 saturated heterocycles. The van der Waals surface area contributed by atoms with Gasteiger partial charge >= 0.3 is 0 Å². The Hall–Kier alpha value is -3.80. The summed E-state index contributed by atoms with van der Waals surface area (Å²) in [5.41, 5.74) is 3.43. The molecular formula is C22H18N2O4. The smallest absolute Gasteiger partial charge is 0.255 e. The molecule has 3 aromatic carbocycles. The first-order valence-electron chi connectivity index (χ1n) is 8.67. The third kappa shape index (κ3) is 3.53. The van der Waals surface area contributed by atoms with Gasteiger partial charge in [-0.1, -0.05) is 6.07 Å². The van der Waals surface area contributed by atoms with Gasteiger partial charge in [0.05, 0.1) is 14.2 Å². The number of nitrogens with one attached hydrogen (secondary N) is 1. The maximum absolute atomic E-state index is 12.4. The number of hydrogen-bond donors (Lipinski definition) is 1. The summed E-state index contributed by atoms with van der Waals surface area (Å²) >= 11 is 0. The summed E-state index contributed by atoms with van der Waals surface area (Å²) in [6.07, 6.45) is 0. The van der Waals surface area contributed by atoms with Crippen LogP contribution in [-0.4, -0.2) is 25.1 Å². The van der Waals surface area contributed by atoms with Crippen molar-refractivity contribution in [2.24, 2.45) is 0 Å². The lowest BCUT2D eigenvalue weighted by Gasteiger charge is -2.07. The summed E-state index contributed by atoms with van der Waals surface area (Å²) in [5, 5.41) is 2.87. The van der Waals surface area contributed by atoms with E-state index in [1.807, 2.05) is 42.5 Å². The summed E-state index contributed by atoms with van der Waals surface area (Å²) in [4.78, 5) is 16.9. The lowest BCUT2D eigenvalue weighted by Crippen LogP contribution is -2.11. The predicted octanol–water partition coefficient (Wildman–Crippen LogP) is 4.76. The number of nitrogens with zero attached hydrogens (tertiary/aromatic N) is 1. The SMILES string of the molecule is COc1cccc(C(=O)Nc2ccc(-c3nc4cc(OC)ccc4o3)cc2)c1. The standard InChI is InChI=1S/C22H18N2O4/c1-26-17-5-3-4-15(12-17)21(25)23-16-8-6-14(7-9-16)22-24-19-13-18(27-2)10-11-20(19)28-22/h3-13H,1-2H3,(H,23,25). The van der Waals surface area contributed by atoms with Crippen molar-refractivity contribution in [2.45, 2.75) is 0 Å². The Bertz CT molecular complexity index is 1130. The fourth-order valence-corrected chi connectivity index (χ4v) is 2.82. The molecule has 0 aliphatic heterocycles. The maximum atomic E-state index is 12.4. The molecule has 0 saturated carbocycles. The number of hydrogen-bond acceptors (Lipinski definition) is 5. The number of benzene rings is 3. The van der Waals surface area contributed by atoms with Crippen LogP contribution in [0, 0.1) is 0 Å². The van der Waals surface area contributed by atoms with E-state index in [4.69, 9.17) is 13.9 Å². The number of ether oxygens (including phenoxy) is 2. The topological polar surface area (TPSA) is 73.6 Å². The van der Waals surface area contributed by atoms with Crippen molar-refractivity contribution >= 4 is 22.7 Å². The number of carbonyl (C=O) groups is 1. The molecular weight excluding hydrogens is 356 g/mol. The molecule has 0 unspecified atom stereocenters. The van der Waals surface area contributed by atoms with E-state index in [9.17, 15) is 4.79 Å². The zero-order valence-electron chi connectivity index (χ0n) is 15.4. The highest BCUT2D eigenvalue weighted by atomic mass is 16.5. The Kier molecular flexibility index (Phi) is 4.68. The Morgan fingerprint density at radius 3 is 2.43 bits per heavy atom. The molecule has 1 aromatic heterocycles. The molecule has 6 heteroatoms. The van der Waals surface area contributed by atoms with E-state index in [1.54, 1.807) is 38.5 Å². The van der Waals surface area contributed by atoms with E-state index in [0.717, 1.165) is 16.8 Å². The van der Waals surface area contributed by atoms with Gasteiger partial charge in [-0.05, 0) is 54.6 Å². The van der Waals surface area contributed by atoms with E-state index in [1.165, 1.54) is 0 Å². The van der Waals surface area contributed by atoms with Crippen LogP contribution in [0.4, 0.5) is 5.69 Å². The molecule has 4 rings (SSSR count). The first-order valence-corrected chi connectivity index (χ1v) is 8.67.